The van der Waals surface area contributed by atoms with Crippen molar-refractivity contribution < 1.29 is 4.92 Å². The normalized spacial score (nSPS) is 11.0. The Morgan fingerprint density at radius 1 is 1.53 bits per heavy atom. The lowest BCUT2D eigenvalue weighted by Gasteiger charge is -2.17. The molecular formula is C10H12ClN3O3. The fourth-order valence-corrected chi connectivity index (χ4v) is 1.29. The van der Waals surface area contributed by atoms with Crippen LogP contribution >= 0.6 is 11.6 Å². The molecule has 0 spiro atoms. The second kappa shape index (κ2) is 5.09. The van der Waals surface area contributed by atoms with Crippen LogP contribution in [0.25, 0.3) is 0 Å². The van der Waals surface area contributed by atoms with Gasteiger partial charge in [-0.1, -0.05) is 11.6 Å². The quantitative estimate of drug-likeness (QED) is 0.499. The molecule has 92 valence electrons. The number of nitrogens with one attached hydrogen (secondary N) is 1. The van der Waals surface area contributed by atoms with E-state index in [4.69, 9.17) is 11.6 Å². The van der Waals surface area contributed by atoms with Gasteiger partial charge in [0.05, 0.1) is 11.6 Å². The van der Waals surface area contributed by atoms with Crippen LogP contribution in [0.1, 0.15) is 13.8 Å². The molecule has 0 fully saturated rings. The molecule has 0 amide bonds. The van der Waals surface area contributed by atoms with Gasteiger partial charge in [-0.05, 0) is 23.4 Å². The molecule has 0 bridgehead atoms. The van der Waals surface area contributed by atoms with Gasteiger partial charge in [0.15, 0.2) is 0 Å². The van der Waals surface area contributed by atoms with Crippen molar-refractivity contribution in [2.45, 2.75) is 19.4 Å². The first-order valence-corrected chi connectivity index (χ1v) is 5.26. The molecule has 0 radical (unpaired) electrons. The van der Waals surface area contributed by atoms with E-state index in [9.17, 15) is 15.0 Å². The van der Waals surface area contributed by atoms with Crippen LogP contribution in [0.15, 0.2) is 23.4 Å². The highest BCUT2D eigenvalue weighted by Gasteiger charge is 2.30. The van der Waals surface area contributed by atoms with Gasteiger partial charge in [-0.25, -0.2) is 0 Å². The lowest BCUT2D eigenvalue weighted by Crippen LogP contribution is -2.38. The van der Waals surface area contributed by atoms with Gasteiger partial charge in [0.2, 0.25) is 5.54 Å². The zero-order chi connectivity index (χ0) is 13.1. The highest BCUT2D eigenvalue weighted by Crippen LogP contribution is 2.27. The molecule has 0 saturated heterocycles. The minimum Gasteiger partial charge on any atom is -0.378 e. The highest BCUT2D eigenvalue weighted by atomic mass is 35.5. The average Bonchev–Trinajstić information content (AvgIpc) is 2.26. The van der Waals surface area contributed by atoms with Crippen molar-refractivity contribution >= 4 is 23.0 Å². The second-order valence-corrected chi connectivity index (χ2v) is 4.59. The van der Waals surface area contributed by atoms with Crippen LogP contribution in [0, 0.1) is 15.0 Å². The summed E-state index contributed by atoms with van der Waals surface area (Å²) in [7, 11) is 0. The molecule has 17 heavy (non-hydrogen) atoms. The standard InChI is InChI=1S/C10H12ClN3O3/c1-10(2,14(16)17)6-12-7-3-4-9(13-15)8(11)5-7/h3-5,12H,6H2,1-2H3. The highest BCUT2D eigenvalue weighted by molar-refractivity contribution is 6.33. The zero-order valence-electron chi connectivity index (χ0n) is 9.44. The van der Waals surface area contributed by atoms with Crippen LogP contribution in [0.3, 0.4) is 0 Å². The van der Waals surface area contributed by atoms with E-state index in [0.717, 1.165) is 0 Å². The number of hydrogen-bond acceptors (Lipinski definition) is 5. The Kier molecular flexibility index (Phi) is 4.01. The summed E-state index contributed by atoms with van der Waals surface area (Å²) in [5.74, 6) is 0. The van der Waals surface area contributed by atoms with E-state index >= 15 is 0 Å². The molecule has 0 unspecified atom stereocenters. The van der Waals surface area contributed by atoms with E-state index in [2.05, 4.69) is 10.5 Å². The van der Waals surface area contributed by atoms with Crippen molar-refractivity contribution in [2.24, 2.45) is 5.18 Å². The summed E-state index contributed by atoms with van der Waals surface area (Å²) in [4.78, 5) is 20.6. The molecule has 0 aliphatic carbocycles. The van der Waals surface area contributed by atoms with E-state index < -0.39 is 5.54 Å². The van der Waals surface area contributed by atoms with E-state index in [1.54, 1.807) is 6.07 Å². The van der Waals surface area contributed by atoms with Crippen molar-refractivity contribution in [1.82, 2.24) is 0 Å². The molecular weight excluding hydrogens is 246 g/mol. The monoisotopic (exact) mass is 257 g/mol. The molecule has 7 heteroatoms. The molecule has 0 heterocycles. The largest absolute Gasteiger partial charge is 0.378 e. The van der Waals surface area contributed by atoms with E-state index in [1.807, 2.05) is 0 Å². The van der Waals surface area contributed by atoms with Crippen LogP contribution in [-0.4, -0.2) is 17.0 Å². The summed E-state index contributed by atoms with van der Waals surface area (Å²) in [5, 5.41) is 16.5. The molecule has 0 aliphatic rings. The molecule has 0 aromatic heterocycles. The fraction of sp³-hybridized carbons (Fsp3) is 0.400. The third-order valence-corrected chi connectivity index (χ3v) is 2.57. The first kappa shape index (κ1) is 13.4. The number of halogens is 1. The molecule has 0 aliphatic heterocycles. The maximum Gasteiger partial charge on any atom is 0.233 e. The van der Waals surface area contributed by atoms with Crippen molar-refractivity contribution in [3.8, 4) is 0 Å². The molecule has 1 rings (SSSR count). The topological polar surface area (TPSA) is 84.6 Å². The van der Waals surface area contributed by atoms with E-state index in [1.165, 1.54) is 26.0 Å². The van der Waals surface area contributed by atoms with Crippen molar-refractivity contribution in [2.75, 3.05) is 11.9 Å². The van der Waals surface area contributed by atoms with Crippen LogP contribution in [0.2, 0.25) is 5.02 Å². The Hall–Kier alpha value is -1.69. The number of nitrogens with zero attached hydrogens (tertiary/aromatic N) is 2. The number of rotatable bonds is 5. The van der Waals surface area contributed by atoms with Crippen LogP contribution in [0.5, 0.6) is 0 Å². The van der Waals surface area contributed by atoms with Crippen molar-refractivity contribution in [3.63, 3.8) is 0 Å². The average molecular weight is 258 g/mol. The van der Waals surface area contributed by atoms with E-state index in [0.29, 0.717) is 5.69 Å². The van der Waals surface area contributed by atoms with Gasteiger partial charge in [-0.3, -0.25) is 10.1 Å². The number of benzene rings is 1. The molecule has 1 aromatic carbocycles. The minimum absolute atomic E-state index is 0.144. The minimum atomic E-state index is -1.08. The molecule has 0 atom stereocenters. The van der Waals surface area contributed by atoms with Crippen LogP contribution in [0.4, 0.5) is 11.4 Å². The first-order chi connectivity index (χ1) is 7.86. The van der Waals surface area contributed by atoms with Gasteiger partial charge in [0, 0.05) is 24.5 Å². The number of nitro groups is 1. The van der Waals surface area contributed by atoms with Crippen LogP contribution in [-0.2, 0) is 0 Å². The maximum atomic E-state index is 10.7. The second-order valence-electron chi connectivity index (χ2n) is 4.18. The van der Waals surface area contributed by atoms with Gasteiger partial charge >= 0.3 is 0 Å². The zero-order valence-corrected chi connectivity index (χ0v) is 10.2. The Bertz CT molecular complexity index is 448. The Morgan fingerprint density at radius 3 is 2.65 bits per heavy atom. The fourth-order valence-electron chi connectivity index (χ4n) is 1.07. The number of nitroso groups, excluding NO2 is 1. The first-order valence-electron chi connectivity index (χ1n) is 4.88. The number of anilines is 1. The predicted octanol–water partition coefficient (Wildman–Crippen LogP) is 3.21. The summed E-state index contributed by atoms with van der Waals surface area (Å²) in [6.45, 7) is 3.19. The number of hydrogen-bond donors (Lipinski definition) is 1. The maximum absolute atomic E-state index is 10.7. The summed E-state index contributed by atoms with van der Waals surface area (Å²) in [5.41, 5.74) is -0.322. The van der Waals surface area contributed by atoms with Gasteiger partial charge in [-0.15, -0.1) is 4.91 Å². The van der Waals surface area contributed by atoms with Gasteiger partial charge in [-0.2, -0.15) is 0 Å². The van der Waals surface area contributed by atoms with Crippen LogP contribution < -0.4 is 5.32 Å². The third kappa shape index (κ3) is 3.39. The molecule has 6 nitrogen and oxygen atoms in total. The van der Waals surface area contributed by atoms with Gasteiger partial charge < -0.3 is 5.32 Å². The Morgan fingerprint density at radius 2 is 2.18 bits per heavy atom. The third-order valence-electron chi connectivity index (χ3n) is 2.27. The molecule has 1 aromatic rings. The molecule has 0 saturated carbocycles. The summed E-state index contributed by atoms with van der Waals surface area (Å²) in [6, 6.07) is 4.56. The van der Waals surface area contributed by atoms with Gasteiger partial charge in [0.25, 0.3) is 0 Å². The SMILES string of the molecule is CC(C)(CNc1ccc(N=O)c(Cl)c1)[N+](=O)[O-]. The lowest BCUT2D eigenvalue weighted by atomic mass is 10.1. The molecule has 1 N–H and O–H groups in total. The Balaban J connectivity index is 2.74. The van der Waals surface area contributed by atoms with Crippen molar-refractivity contribution in [1.29, 1.82) is 0 Å². The van der Waals surface area contributed by atoms with Gasteiger partial charge in [0.1, 0.15) is 5.69 Å². The lowest BCUT2D eigenvalue weighted by molar-refractivity contribution is -0.556. The summed E-state index contributed by atoms with van der Waals surface area (Å²) in [6.07, 6.45) is 0. The summed E-state index contributed by atoms with van der Waals surface area (Å²) >= 11 is 5.77. The Labute approximate surface area is 103 Å². The summed E-state index contributed by atoms with van der Waals surface area (Å²) < 4.78 is 0. The van der Waals surface area contributed by atoms with E-state index in [-0.39, 0.29) is 22.2 Å². The predicted molar refractivity (Wildman–Crippen MR) is 66.5 cm³/mol. The van der Waals surface area contributed by atoms with Crippen molar-refractivity contribution in [3.05, 3.63) is 38.2 Å². The smallest absolute Gasteiger partial charge is 0.233 e.